The molecule has 3 aromatic carbocycles. The molecule has 2 aliphatic rings. The third kappa shape index (κ3) is 7.37. The average Bonchev–Trinajstić information content (AvgIpc) is 3.46. The van der Waals surface area contributed by atoms with Gasteiger partial charge in [0.05, 0.1) is 17.5 Å². The molecule has 224 valence electrons. The van der Waals surface area contributed by atoms with Gasteiger partial charge in [0, 0.05) is 68.6 Å². The lowest BCUT2D eigenvalue weighted by molar-refractivity contribution is 0.0711. The van der Waals surface area contributed by atoms with Gasteiger partial charge in [-0.15, -0.1) is 0 Å². The van der Waals surface area contributed by atoms with E-state index in [-0.39, 0.29) is 18.6 Å². The highest BCUT2D eigenvalue weighted by Crippen LogP contribution is 2.35. The summed E-state index contributed by atoms with van der Waals surface area (Å²) in [5, 5.41) is 17.9. The fraction of sp³-hybridized carbons (Fsp3) is 0.303. The van der Waals surface area contributed by atoms with Crippen molar-refractivity contribution in [1.82, 2.24) is 14.4 Å². The van der Waals surface area contributed by atoms with E-state index in [9.17, 15) is 9.50 Å². The molecule has 0 saturated carbocycles. The SMILES string of the molecule is CN1CCN(CC(O)Cn2ccc(-c3ccc4c(c3)C(Nc3ccc(OCc5cccc(F)c5)c(Cl)c3)N=CN4)c2)CC1. The van der Waals surface area contributed by atoms with Crippen molar-refractivity contribution in [3.63, 3.8) is 0 Å². The Balaban J connectivity index is 1.10. The first-order valence-corrected chi connectivity index (χ1v) is 14.9. The zero-order chi connectivity index (χ0) is 29.8. The van der Waals surface area contributed by atoms with Crippen molar-refractivity contribution >= 4 is 29.3 Å². The van der Waals surface area contributed by atoms with Crippen LogP contribution in [-0.4, -0.2) is 71.7 Å². The number of piperazine rings is 1. The minimum absolute atomic E-state index is 0.218. The summed E-state index contributed by atoms with van der Waals surface area (Å²) in [5.74, 6) is 0.219. The molecule has 1 aromatic heterocycles. The molecule has 8 nitrogen and oxygen atoms in total. The number of aliphatic imine (C=N–C) groups is 1. The molecule has 43 heavy (non-hydrogen) atoms. The van der Waals surface area contributed by atoms with Crippen molar-refractivity contribution in [3.05, 3.63) is 101 Å². The molecule has 1 saturated heterocycles. The lowest BCUT2D eigenvalue weighted by Crippen LogP contribution is -2.47. The Bertz CT molecular complexity index is 1590. The predicted molar refractivity (Wildman–Crippen MR) is 170 cm³/mol. The molecule has 3 heterocycles. The number of rotatable bonds is 10. The Morgan fingerprint density at radius 2 is 1.91 bits per heavy atom. The van der Waals surface area contributed by atoms with Gasteiger partial charge < -0.3 is 29.9 Å². The van der Waals surface area contributed by atoms with Gasteiger partial charge in [0.1, 0.15) is 24.3 Å². The summed E-state index contributed by atoms with van der Waals surface area (Å²) in [6.07, 6.45) is 5.05. The Morgan fingerprint density at radius 3 is 2.72 bits per heavy atom. The zero-order valence-electron chi connectivity index (χ0n) is 24.1. The van der Waals surface area contributed by atoms with Crippen LogP contribution in [0.2, 0.25) is 5.02 Å². The maximum absolute atomic E-state index is 13.5. The summed E-state index contributed by atoms with van der Waals surface area (Å²) in [7, 11) is 2.14. The molecule has 10 heteroatoms. The van der Waals surface area contributed by atoms with Crippen molar-refractivity contribution < 1.29 is 14.2 Å². The topological polar surface area (TPSA) is 77.3 Å². The molecule has 6 rings (SSSR count). The van der Waals surface area contributed by atoms with Crippen molar-refractivity contribution in [2.24, 2.45) is 4.99 Å². The number of hydrogen-bond acceptors (Lipinski definition) is 7. The van der Waals surface area contributed by atoms with Gasteiger partial charge in [0.15, 0.2) is 0 Å². The van der Waals surface area contributed by atoms with Crippen LogP contribution in [-0.2, 0) is 13.2 Å². The second kappa shape index (κ2) is 13.2. The van der Waals surface area contributed by atoms with Crippen LogP contribution in [0.3, 0.4) is 0 Å². The molecular formula is C33H36ClFN6O2. The molecule has 4 aromatic rings. The van der Waals surface area contributed by atoms with E-state index in [1.807, 2.05) is 18.3 Å². The molecule has 0 amide bonds. The first-order chi connectivity index (χ1) is 20.9. The molecule has 2 unspecified atom stereocenters. The van der Waals surface area contributed by atoms with Crippen molar-refractivity contribution in [1.29, 1.82) is 0 Å². The number of anilines is 2. The fourth-order valence-electron chi connectivity index (χ4n) is 5.48. The number of β-amino-alcohol motifs (C(OH)–C–C–N with tert-alkyl or cyclic N) is 1. The van der Waals surface area contributed by atoms with Crippen molar-refractivity contribution in [2.75, 3.05) is 50.4 Å². The minimum Gasteiger partial charge on any atom is -0.487 e. The summed E-state index contributed by atoms with van der Waals surface area (Å²) in [5.41, 5.74) is 5.64. The number of fused-ring (bicyclic) bond motifs is 1. The molecule has 0 spiro atoms. The highest BCUT2D eigenvalue weighted by Gasteiger charge is 2.20. The number of ether oxygens (including phenoxy) is 1. The molecule has 0 bridgehead atoms. The maximum Gasteiger partial charge on any atom is 0.148 e. The second-order valence-electron chi connectivity index (χ2n) is 11.2. The average molecular weight is 603 g/mol. The number of nitrogens with one attached hydrogen (secondary N) is 2. The van der Waals surface area contributed by atoms with Crippen molar-refractivity contribution in [3.8, 4) is 16.9 Å². The first-order valence-electron chi connectivity index (χ1n) is 14.5. The van der Waals surface area contributed by atoms with E-state index in [1.54, 1.807) is 24.5 Å². The monoisotopic (exact) mass is 602 g/mol. The summed E-state index contributed by atoms with van der Waals surface area (Å²) in [6.45, 7) is 5.52. The number of hydrogen-bond donors (Lipinski definition) is 3. The Hall–Kier alpha value is -3.89. The fourth-order valence-corrected chi connectivity index (χ4v) is 5.72. The zero-order valence-corrected chi connectivity index (χ0v) is 24.8. The van der Waals surface area contributed by atoms with E-state index in [1.165, 1.54) is 12.1 Å². The van der Waals surface area contributed by atoms with Crippen LogP contribution >= 0.6 is 11.6 Å². The Kier molecular flexibility index (Phi) is 8.95. The summed E-state index contributed by atoms with van der Waals surface area (Å²) in [6, 6.07) is 20.2. The van der Waals surface area contributed by atoms with Crippen LogP contribution in [0.25, 0.3) is 11.1 Å². The third-order valence-corrected chi connectivity index (χ3v) is 8.17. The van der Waals surface area contributed by atoms with E-state index in [0.29, 0.717) is 23.9 Å². The number of aliphatic hydroxyl groups is 1. The first kappa shape index (κ1) is 29.2. The second-order valence-corrected chi connectivity index (χ2v) is 11.6. The highest BCUT2D eigenvalue weighted by atomic mass is 35.5. The van der Waals surface area contributed by atoms with Gasteiger partial charge in [-0.3, -0.25) is 4.90 Å². The molecular weight excluding hydrogens is 567 g/mol. The minimum atomic E-state index is -0.427. The molecule has 0 aliphatic carbocycles. The molecule has 2 aliphatic heterocycles. The standard InChI is InChI=1S/C33H36ClFN6O2/c1-39-11-13-40(14-12-39)19-28(42)20-41-10-9-25(18-41)24-5-7-31-29(16-24)33(37-22-36-31)38-27-6-8-32(30(34)17-27)43-21-23-3-2-4-26(35)15-23/h2-10,15-18,22,28,33,38,42H,11-14,19-21H2,1H3,(H,36,37). The van der Waals surface area contributed by atoms with Gasteiger partial charge in [-0.1, -0.05) is 29.8 Å². The maximum atomic E-state index is 13.5. The molecule has 0 radical (unpaired) electrons. The summed E-state index contributed by atoms with van der Waals surface area (Å²) in [4.78, 5) is 9.29. The van der Waals surface area contributed by atoms with E-state index in [2.05, 4.69) is 67.5 Å². The van der Waals surface area contributed by atoms with Crippen LogP contribution in [0, 0.1) is 5.82 Å². The van der Waals surface area contributed by atoms with Crippen LogP contribution in [0.15, 0.2) is 84.1 Å². The van der Waals surface area contributed by atoms with E-state index >= 15 is 0 Å². The number of halogens is 2. The van der Waals surface area contributed by atoms with Gasteiger partial charge in [-0.2, -0.15) is 0 Å². The van der Waals surface area contributed by atoms with Gasteiger partial charge in [-0.05, 0) is 72.3 Å². The van der Waals surface area contributed by atoms with Gasteiger partial charge >= 0.3 is 0 Å². The third-order valence-electron chi connectivity index (χ3n) is 7.88. The number of nitrogens with zero attached hydrogens (tertiary/aromatic N) is 4. The number of benzene rings is 3. The number of aliphatic hydroxyl groups excluding tert-OH is 1. The predicted octanol–water partition coefficient (Wildman–Crippen LogP) is 5.70. The smallest absolute Gasteiger partial charge is 0.148 e. The van der Waals surface area contributed by atoms with Crippen LogP contribution < -0.4 is 15.4 Å². The molecule has 3 N–H and O–H groups in total. The highest BCUT2D eigenvalue weighted by molar-refractivity contribution is 6.32. The van der Waals surface area contributed by atoms with E-state index in [4.69, 9.17) is 16.3 Å². The summed E-state index contributed by atoms with van der Waals surface area (Å²) >= 11 is 6.53. The number of likely N-dealkylation sites (N-methyl/N-ethyl adjacent to an activating group) is 1. The Morgan fingerprint density at radius 1 is 1.05 bits per heavy atom. The van der Waals surface area contributed by atoms with E-state index in [0.717, 1.165) is 59.8 Å². The lowest BCUT2D eigenvalue weighted by atomic mass is 10.0. The number of aromatic nitrogens is 1. The van der Waals surface area contributed by atoms with Crippen molar-refractivity contribution in [2.45, 2.75) is 25.4 Å². The largest absolute Gasteiger partial charge is 0.487 e. The lowest BCUT2D eigenvalue weighted by Gasteiger charge is -2.33. The van der Waals surface area contributed by atoms with Gasteiger partial charge in [-0.25, -0.2) is 9.38 Å². The van der Waals surface area contributed by atoms with Crippen LogP contribution in [0.5, 0.6) is 5.75 Å². The quantitative estimate of drug-likeness (QED) is 0.216. The Labute approximate surface area is 256 Å². The molecule has 1 fully saturated rings. The normalized spacial score (nSPS) is 17.7. The summed E-state index contributed by atoms with van der Waals surface area (Å²) < 4.78 is 21.4. The van der Waals surface area contributed by atoms with E-state index < -0.39 is 6.10 Å². The van der Waals surface area contributed by atoms with Gasteiger partial charge in [0.25, 0.3) is 0 Å². The van der Waals surface area contributed by atoms with Crippen LogP contribution in [0.4, 0.5) is 15.8 Å². The van der Waals surface area contributed by atoms with Gasteiger partial charge in [0.2, 0.25) is 0 Å². The van der Waals surface area contributed by atoms with Crippen LogP contribution in [0.1, 0.15) is 17.3 Å². The molecule has 2 atom stereocenters.